The second kappa shape index (κ2) is 8.63. The number of methoxy groups -OCH3 is 1. The van der Waals surface area contributed by atoms with Gasteiger partial charge in [-0.05, 0) is 55.7 Å². The molecule has 6 heteroatoms. The fourth-order valence-electron chi connectivity index (χ4n) is 3.38. The molecule has 1 amide bonds. The van der Waals surface area contributed by atoms with Gasteiger partial charge in [0.2, 0.25) is 5.91 Å². The molecule has 1 fully saturated rings. The molecule has 0 aromatic heterocycles. The number of carbonyl (C=O) groups excluding carboxylic acids is 1. The Morgan fingerprint density at radius 3 is 2.48 bits per heavy atom. The molecule has 144 valence electrons. The fourth-order valence-corrected chi connectivity index (χ4v) is 3.61. The normalized spacial score (nSPS) is 15.8. The molecule has 0 atom stereocenters. The number of rotatable bonds is 6. The number of ether oxygens (including phenoxy) is 3. The molecule has 0 aliphatic carbocycles. The van der Waals surface area contributed by atoms with Crippen LogP contribution in [0.25, 0.3) is 0 Å². The Bertz CT molecular complexity index is 785. The first-order valence-electron chi connectivity index (χ1n) is 9.05. The Kier molecular flexibility index (Phi) is 6.24. The molecule has 1 aliphatic rings. The quantitative estimate of drug-likeness (QED) is 0.793. The first kappa shape index (κ1) is 19.5. The predicted molar refractivity (Wildman–Crippen MR) is 106 cm³/mol. The van der Waals surface area contributed by atoms with Gasteiger partial charge in [-0.25, -0.2) is 0 Å². The van der Waals surface area contributed by atoms with Gasteiger partial charge in [-0.15, -0.1) is 0 Å². The zero-order valence-corrected chi connectivity index (χ0v) is 16.3. The number of halogens is 1. The van der Waals surface area contributed by atoms with Crippen molar-refractivity contribution in [3.05, 3.63) is 53.1 Å². The molecule has 0 bridgehead atoms. The number of nitrogens with one attached hydrogen (secondary N) is 1. The van der Waals surface area contributed by atoms with Crippen LogP contribution in [-0.4, -0.2) is 32.8 Å². The van der Waals surface area contributed by atoms with Crippen LogP contribution in [0.15, 0.2) is 42.5 Å². The van der Waals surface area contributed by atoms with Gasteiger partial charge < -0.3 is 19.5 Å². The van der Waals surface area contributed by atoms with E-state index < -0.39 is 5.41 Å². The lowest BCUT2D eigenvalue weighted by molar-refractivity contribution is -0.125. The average molecular weight is 390 g/mol. The fraction of sp³-hybridized carbons (Fsp3) is 0.381. The maximum absolute atomic E-state index is 13.3. The van der Waals surface area contributed by atoms with Crippen LogP contribution in [0, 0.1) is 0 Å². The van der Waals surface area contributed by atoms with Crippen LogP contribution in [-0.2, 0) is 14.9 Å². The van der Waals surface area contributed by atoms with E-state index in [9.17, 15) is 4.79 Å². The minimum absolute atomic E-state index is 0.0591. The van der Waals surface area contributed by atoms with E-state index in [0.29, 0.717) is 49.1 Å². The summed E-state index contributed by atoms with van der Waals surface area (Å²) in [5, 5.41) is 3.50. The molecule has 0 radical (unpaired) electrons. The molecule has 0 saturated carbocycles. The lowest BCUT2D eigenvalue weighted by atomic mass is 9.73. The van der Waals surface area contributed by atoms with E-state index in [1.54, 1.807) is 25.3 Å². The first-order valence-corrected chi connectivity index (χ1v) is 9.43. The zero-order valence-electron chi connectivity index (χ0n) is 15.6. The predicted octanol–water partition coefficient (Wildman–Crippen LogP) is 4.43. The van der Waals surface area contributed by atoms with E-state index in [1.165, 1.54) is 0 Å². The Labute approximate surface area is 164 Å². The van der Waals surface area contributed by atoms with Gasteiger partial charge in [-0.1, -0.05) is 23.7 Å². The molecular weight excluding hydrogens is 366 g/mol. The van der Waals surface area contributed by atoms with Crippen molar-refractivity contribution in [3.8, 4) is 11.5 Å². The van der Waals surface area contributed by atoms with Crippen LogP contribution >= 0.6 is 11.6 Å². The van der Waals surface area contributed by atoms with Crippen molar-refractivity contribution in [3.63, 3.8) is 0 Å². The van der Waals surface area contributed by atoms with Crippen LogP contribution in [0.5, 0.6) is 11.5 Å². The highest BCUT2D eigenvalue weighted by Crippen LogP contribution is 2.37. The van der Waals surface area contributed by atoms with Gasteiger partial charge >= 0.3 is 0 Å². The molecule has 1 aliphatic heterocycles. The standard InChI is InChI=1S/C21H24ClNO4/c1-3-27-19-9-6-16(14-18(19)22)23-20(24)21(10-12-26-13-11-21)15-4-7-17(25-2)8-5-15/h4-9,14H,3,10-13H2,1-2H3,(H,23,24). The van der Waals surface area contributed by atoms with Crippen molar-refractivity contribution in [1.29, 1.82) is 0 Å². The number of hydrogen-bond donors (Lipinski definition) is 1. The third kappa shape index (κ3) is 4.20. The van der Waals surface area contributed by atoms with Crippen molar-refractivity contribution in [2.75, 3.05) is 32.2 Å². The van der Waals surface area contributed by atoms with Crippen molar-refractivity contribution in [2.45, 2.75) is 25.2 Å². The van der Waals surface area contributed by atoms with Crippen LogP contribution in [0.1, 0.15) is 25.3 Å². The highest BCUT2D eigenvalue weighted by molar-refractivity contribution is 6.32. The van der Waals surface area contributed by atoms with Gasteiger partial charge in [0.1, 0.15) is 11.5 Å². The lowest BCUT2D eigenvalue weighted by Crippen LogP contribution is -2.44. The average Bonchev–Trinajstić information content (AvgIpc) is 2.70. The summed E-state index contributed by atoms with van der Waals surface area (Å²) in [4.78, 5) is 13.3. The Balaban J connectivity index is 1.86. The molecule has 1 heterocycles. The molecule has 2 aromatic rings. The monoisotopic (exact) mass is 389 g/mol. The summed E-state index contributed by atoms with van der Waals surface area (Å²) < 4.78 is 16.2. The molecule has 1 N–H and O–H groups in total. The van der Waals surface area contributed by atoms with E-state index in [-0.39, 0.29) is 5.91 Å². The Hall–Kier alpha value is -2.24. The molecular formula is C21H24ClNO4. The van der Waals surface area contributed by atoms with E-state index in [1.807, 2.05) is 31.2 Å². The number of carbonyl (C=O) groups is 1. The molecule has 5 nitrogen and oxygen atoms in total. The summed E-state index contributed by atoms with van der Waals surface area (Å²) in [6, 6.07) is 13.0. The van der Waals surface area contributed by atoms with Crippen LogP contribution < -0.4 is 14.8 Å². The minimum atomic E-state index is -0.643. The largest absolute Gasteiger partial charge is 0.497 e. The number of hydrogen-bond acceptors (Lipinski definition) is 4. The molecule has 1 saturated heterocycles. The summed E-state index contributed by atoms with van der Waals surface area (Å²) in [5.41, 5.74) is 0.962. The van der Waals surface area contributed by atoms with Gasteiger partial charge in [0.15, 0.2) is 0 Å². The van der Waals surface area contributed by atoms with Gasteiger partial charge in [-0.3, -0.25) is 4.79 Å². The summed E-state index contributed by atoms with van der Waals surface area (Å²) in [5.74, 6) is 1.31. The maximum Gasteiger partial charge on any atom is 0.235 e. The summed E-state index contributed by atoms with van der Waals surface area (Å²) in [6.07, 6.45) is 1.24. The molecule has 0 spiro atoms. The molecule has 27 heavy (non-hydrogen) atoms. The third-order valence-electron chi connectivity index (χ3n) is 4.91. The number of anilines is 1. The van der Waals surface area contributed by atoms with E-state index in [2.05, 4.69) is 5.32 Å². The second-order valence-corrected chi connectivity index (χ2v) is 6.86. The van der Waals surface area contributed by atoms with Crippen LogP contribution in [0.4, 0.5) is 5.69 Å². The maximum atomic E-state index is 13.3. The third-order valence-corrected chi connectivity index (χ3v) is 5.21. The molecule has 0 unspecified atom stereocenters. The highest BCUT2D eigenvalue weighted by atomic mass is 35.5. The van der Waals surface area contributed by atoms with Gasteiger partial charge in [-0.2, -0.15) is 0 Å². The van der Waals surface area contributed by atoms with Crippen molar-refractivity contribution >= 4 is 23.2 Å². The van der Waals surface area contributed by atoms with Crippen LogP contribution in [0.3, 0.4) is 0 Å². The highest BCUT2D eigenvalue weighted by Gasteiger charge is 2.41. The van der Waals surface area contributed by atoms with Gasteiger partial charge in [0.05, 0.1) is 24.2 Å². The van der Waals surface area contributed by atoms with Crippen molar-refractivity contribution in [1.82, 2.24) is 0 Å². The molecule has 3 rings (SSSR count). The molecule has 2 aromatic carbocycles. The van der Waals surface area contributed by atoms with E-state index in [4.69, 9.17) is 25.8 Å². The summed E-state index contributed by atoms with van der Waals surface area (Å²) in [6.45, 7) is 3.52. The first-order chi connectivity index (χ1) is 13.1. The lowest BCUT2D eigenvalue weighted by Gasteiger charge is -2.36. The van der Waals surface area contributed by atoms with E-state index >= 15 is 0 Å². The zero-order chi connectivity index (χ0) is 19.3. The number of amides is 1. The van der Waals surface area contributed by atoms with Crippen molar-refractivity contribution in [2.24, 2.45) is 0 Å². The van der Waals surface area contributed by atoms with Crippen LogP contribution in [0.2, 0.25) is 5.02 Å². The second-order valence-electron chi connectivity index (χ2n) is 6.46. The summed E-state index contributed by atoms with van der Waals surface area (Å²) >= 11 is 6.25. The Morgan fingerprint density at radius 2 is 1.89 bits per heavy atom. The minimum Gasteiger partial charge on any atom is -0.497 e. The smallest absolute Gasteiger partial charge is 0.235 e. The topological polar surface area (TPSA) is 56.8 Å². The van der Waals surface area contributed by atoms with Crippen molar-refractivity contribution < 1.29 is 19.0 Å². The van der Waals surface area contributed by atoms with E-state index in [0.717, 1.165) is 11.3 Å². The Morgan fingerprint density at radius 1 is 1.19 bits per heavy atom. The van der Waals surface area contributed by atoms with Gasteiger partial charge in [0, 0.05) is 18.9 Å². The summed E-state index contributed by atoms with van der Waals surface area (Å²) in [7, 11) is 1.63. The SMILES string of the molecule is CCOc1ccc(NC(=O)C2(c3ccc(OC)cc3)CCOCC2)cc1Cl. The number of benzene rings is 2. The van der Waals surface area contributed by atoms with Gasteiger partial charge in [0.25, 0.3) is 0 Å².